The van der Waals surface area contributed by atoms with Gasteiger partial charge in [0.25, 0.3) is 0 Å². The molecular formula is C13H14O4. The van der Waals surface area contributed by atoms with Crippen LogP contribution in [0.15, 0.2) is 23.8 Å². The fourth-order valence-corrected chi connectivity index (χ4v) is 1.56. The molecule has 0 spiro atoms. The summed E-state index contributed by atoms with van der Waals surface area (Å²) < 4.78 is 15.4. The van der Waals surface area contributed by atoms with Crippen molar-refractivity contribution >= 4 is 12.0 Å². The van der Waals surface area contributed by atoms with Crippen LogP contribution in [0.3, 0.4) is 0 Å². The third kappa shape index (κ3) is 2.58. The lowest BCUT2D eigenvalue weighted by atomic mass is 10.1. The Bertz CT molecular complexity index is 462. The topological polar surface area (TPSA) is 44.8 Å². The minimum atomic E-state index is -0.301. The van der Waals surface area contributed by atoms with E-state index in [2.05, 4.69) is 0 Å². The van der Waals surface area contributed by atoms with Gasteiger partial charge in [0.2, 0.25) is 6.79 Å². The zero-order valence-corrected chi connectivity index (χ0v) is 9.86. The van der Waals surface area contributed by atoms with Crippen LogP contribution in [0.4, 0.5) is 0 Å². The molecule has 90 valence electrons. The first kappa shape index (κ1) is 11.5. The number of carbonyl (C=O) groups excluding carboxylic acids is 1. The average molecular weight is 234 g/mol. The second kappa shape index (κ2) is 4.91. The molecule has 1 heterocycles. The molecule has 0 unspecified atom stereocenters. The monoisotopic (exact) mass is 234 g/mol. The van der Waals surface area contributed by atoms with Crippen LogP contribution in [0.1, 0.15) is 19.4 Å². The first-order chi connectivity index (χ1) is 8.20. The molecule has 0 saturated heterocycles. The summed E-state index contributed by atoms with van der Waals surface area (Å²) in [7, 11) is 0. The van der Waals surface area contributed by atoms with Crippen molar-refractivity contribution in [1.29, 1.82) is 0 Å². The predicted molar refractivity (Wildman–Crippen MR) is 62.8 cm³/mol. The maximum Gasteiger partial charge on any atom is 0.333 e. The molecule has 0 fully saturated rings. The highest BCUT2D eigenvalue weighted by molar-refractivity contribution is 5.93. The molecule has 0 aromatic heterocycles. The number of carbonyl (C=O) groups is 1. The molecule has 1 aromatic carbocycles. The predicted octanol–water partition coefficient (Wildman–Crippen LogP) is 2.38. The van der Waals surface area contributed by atoms with E-state index in [1.165, 1.54) is 0 Å². The van der Waals surface area contributed by atoms with E-state index in [0.717, 1.165) is 11.3 Å². The average Bonchev–Trinajstić information content (AvgIpc) is 2.76. The second-order valence-corrected chi connectivity index (χ2v) is 3.66. The van der Waals surface area contributed by atoms with Gasteiger partial charge in [-0.1, -0.05) is 6.07 Å². The van der Waals surface area contributed by atoms with Gasteiger partial charge in [0.05, 0.1) is 6.61 Å². The fraction of sp³-hybridized carbons (Fsp3) is 0.308. The molecule has 4 nitrogen and oxygen atoms in total. The van der Waals surface area contributed by atoms with Crippen molar-refractivity contribution in [3.8, 4) is 11.5 Å². The Morgan fingerprint density at radius 3 is 2.94 bits per heavy atom. The Balaban J connectivity index is 2.18. The zero-order chi connectivity index (χ0) is 12.3. The van der Waals surface area contributed by atoms with E-state index >= 15 is 0 Å². The van der Waals surface area contributed by atoms with Gasteiger partial charge in [-0.25, -0.2) is 4.79 Å². The van der Waals surface area contributed by atoms with Gasteiger partial charge < -0.3 is 14.2 Å². The Morgan fingerprint density at radius 2 is 2.18 bits per heavy atom. The highest BCUT2D eigenvalue weighted by Crippen LogP contribution is 2.33. The molecule has 0 saturated carbocycles. The lowest BCUT2D eigenvalue weighted by Gasteiger charge is -2.02. The molecule has 0 N–H and O–H groups in total. The number of rotatable bonds is 3. The molecular weight excluding hydrogens is 220 g/mol. The molecule has 0 bridgehead atoms. The molecule has 1 aliphatic rings. The van der Waals surface area contributed by atoms with E-state index in [-0.39, 0.29) is 12.8 Å². The third-order valence-electron chi connectivity index (χ3n) is 2.38. The van der Waals surface area contributed by atoms with Crippen molar-refractivity contribution in [2.45, 2.75) is 13.8 Å². The van der Waals surface area contributed by atoms with E-state index in [1.54, 1.807) is 19.9 Å². The highest BCUT2D eigenvalue weighted by atomic mass is 16.7. The lowest BCUT2D eigenvalue weighted by molar-refractivity contribution is -0.138. The molecule has 17 heavy (non-hydrogen) atoms. The maximum atomic E-state index is 11.4. The van der Waals surface area contributed by atoms with Gasteiger partial charge in [0.1, 0.15) is 0 Å². The van der Waals surface area contributed by atoms with Crippen molar-refractivity contribution in [2.75, 3.05) is 13.4 Å². The lowest BCUT2D eigenvalue weighted by Crippen LogP contribution is -2.04. The number of hydrogen-bond acceptors (Lipinski definition) is 4. The van der Waals surface area contributed by atoms with Gasteiger partial charge in [-0.05, 0) is 37.6 Å². The van der Waals surface area contributed by atoms with Gasteiger partial charge in [0, 0.05) is 5.57 Å². The standard InChI is InChI=1S/C13H14O4/c1-3-15-13(14)9(2)6-10-4-5-11-12(7-10)17-8-16-11/h4-7H,3,8H2,1-2H3/b9-6+. The summed E-state index contributed by atoms with van der Waals surface area (Å²) in [6.45, 7) is 4.14. The van der Waals surface area contributed by atoms with Crippen LogP contribution in [-0.2, 0) is 9.53 Å². The van der Waals surface area contributed by atoms with Crippen molar-refractivity contribution in [3.05, 3.63) is 29.3 Å². The normalized spacial score (nSPS) is 13.6. The number of fused-ring (bicyclic) bond motifs is 1. The summed E-state index contributed by atoms with van der Waals surface area (Å²) in [4.78, 5) is 11.4. The SMILES string of the molecule is CCOC(=O)/C(C)=C/c1ccc2c(c1)OCO2. The summed E-state index contributed by atoms with van der Waals surface area (Å²) in [6.07, 6.45) is 1.76. The van der Waals surface area contributed by atoms with Crippen LogP contribution in [0.25, 0.3) is 6.08 Å². The first-order valence-corrected chi connectivity index (χ1v) is 5.46. The molecule has 0 aliphatic carbocycles. The smallest absolute Gasteiger partial charge is 0.333 e. The van der Waals surface area contributed by atoms with Gasteiger partial charge >= 0.3 is 5.97 Å². The van der Waals surface area contributed by atoms with Gasteiger partial charge in [-0.3, -0.25) is 0 Å². The molecule has 1 aromatic rings. The van der Waals surface area contributed by atoms with Crippen molar-refractivity contribution in [1.82, 2.24) is 0 Å². The zero-order valence-electron chi connectivity index (χ0n) is 9.86. The van der Waals surface area contributed by atoms with Crippen LogP contribution in [0, 0.1) is 0 Å². The largest absolute Gasteiger partial charge is 0.463 e. The number of ether oxygens (including phenoxy) is 3. The molecule has 1 aliphatic heterocycles. The van der Waals surface area contributed by atoms with Crippen molar-refractivity contribution < 1.29 is 19.0 Å². The van der Waals surface area contributed by atoms with Gasteiger partial charge in [-0.2, -0.15) is 0 Å². The van der Waals surface area contributed by atoms with E-state index in [4.69, 9.17) is 14.2 Å². The maximum absolute atomic E-state index is 11.4. The summed E-state index contributed by atoms with van der Waals surface area (Å²) >= 11 is 0. The second-order valence-electron chi connectivity index (χ2n) is 3.66. The number of hydrogen-bond donors (Lipinski definition) is 0. The minimum Gasteiger partial charge on any atom is -0.463 e. The van der Waals surface area contributed by atoms with Crippen LogP contribution >= 0.6 is 0 Å². The summed E-state index contributed by atoms with van der Waals surface area (Å²) in [5.41, 5.74) is 1.45. The molecule has 2 rings (SSSR count). The van der Waals surface area contributed by atoms with Crippen molar-refractivity contribution in [2.24, 2.45) is 0 Å². The summed E-state index contributed by atoms with van der Waals surface area (Å²) in [5.74, 6) is 1.14. The first-order valence-electron chi connectivity index (χ1n) is 5.46. The Hall–Kier alpha value is -1.97. The van der Waals surface area contributed by atoms with E-state index < -0.39 is 0 Å². The van der Waals surface area contributed by atoms with Crippen LogP contribution in [-0.4, -0.2) is 19.4 Å². The van der Waals surface area contributed by atoms with Crippen LogP contribution in [0.2, 0.25) is 0 Å². The number of esters is 1. The quantitative estimate of drug-likeness (QED) is 0.595. The Morgan fingerprint density at radius 1 is 1.41 bits per heavy atom. The molecule has 0 atom stereocenters. The van der Waals surface area contributed by atoms with E-state index in [1.807, 2.05) is 18.2 Å². The molecule has 4 heteroatoms. The molecule has 0 amide bonds. The summed E-state index contributed by atoms with van der Waals surface area (Å²) in [5, 5.41) is 0. The van der Waals surface area contributed by atoms with Gasteiger partial charge in [-0.15, -0.1) is 0 Å². The third-order valence-corrected chi connectivity index (χ3v) is 2.38. The Kier molecular flexibility index (Phi) is 3.32. The minimum absolute atomic E-state index is 0.249. The number of benzene rings is 1. The highest BCUT2D eigenvalue weighted by Gasteiger charge is 2.13. The Labute approximate surface area is 99.8 Å². The fourth-order valence-electron chi connectivity index (χ4n) is 1.56. The van der Waals surface area contributed by atoms with Gasteiger partial charge in [0.15, 0.2) is 11.5 Å². The van der Waals surface area contributed by atoms with Crippen molar-refractivity contribution in [3.63, 3.8) is 0 Å². The molecule has 0 radical (unpaired) electrons. The van der Waals surface area contributed by atoms with Crippen LogP contribution < -0.4 is 9.47 Å². The van der Waals surface area contributed by atoms with E-state index in [9.17, 15) is 4.79 Å². The van der Waals surface area contributed by atoms with E-state index in [0.29, 0.717) is 17.9 Å². The summed E-state index contributed by atoms with van der Waals surface area (Å²) in [6, 6.07) is 5.54. The van der Waals surface area contributed by atoms with Crippen LogP contribution in [0.5, 0.6) is 11.5 Å².